The van der Waals surface area contributed by atoms with Crippen LogP contribution in [0.5, 0.6) is 0 Å². The van der Waals surface area contributed by atoms with Gasteiger partial charge in [-0.25, -0.2) is 29.2 Å². The Kier molecular flexibility index (Phi) is 29.7. The summed E-state index contributed by atoms with van der Waals surface area (Å²) in [5, 5.41) is 15.5. The van der Waals surface area contributed by atoms with Crippen molar-refractivity contribution in [1.29, 1.82) is 0 Å². The molecule has 1 aromatic heterocycles. The minimum Gasteiger partial charge on any atom is -0.480 e. The van der Waals surface area contributed by atoms with E-state index in [9.17, 15) is 43.2 Å². The van der Waals surface area contributed by atoms with Crippen LogP contribution in [0.3, 0.4) is 0 Å². The highest BCUT2D eigenvalue weighted by Gasteiger charge is 2.50. The Balaban J connectivity index is 1.05. The van der Waals surface area contributed by atoms with Crippen molar-refractivity contribution >= 4 is 65.5 Å². The van der Waals surface area contributed by atoms with Crippen molar-refractivity contribution < 1.29 is 109 Å². The molecule has 0 radical (unpaired) electrons. The van der Waals surface area contributed by atoms with Crippen molar-refractivity contribution in [2.45, 2.75) is 94.9 Å². The molecule has 10 atom stereocenters. The van der Waals surface area contributed by atoms with E-state index in [1.54, 1.807) is 17.4 Å². The van der Waals surface area contributed by atoms with Gasteiger partial charge in [0.25, 0.3) is 0 Å². The van der Waals surface area contributed by atoms with Gasteiger partial charge in [-0.1, -0.05) is 11.1 Å². The average molecular weight is 1330 g/mol. The smallest absolute Gasteiger partial charge is 0.480 e. The number of nitrogens with two attached hydrogens (primary N) is 4. The number of terminal acetylenes is 1. The largest absolute Gasteiger partial charge is 0.508 e. The van der Waals surface area contributed by atoms with Gasteiger partial charge in [-0.3, -0.25) is 24.1 Å². The summed E-state index contributed by atoms with van der Waals surface area (Å²) in [5.41, 5.74) is 29.7. The number of Topliss-reactive ketones (excluding diaryl/α,β-unsaturated/α-hetero) is 2. The predicted octanol–water partition coefficient (Wildman–Crippen LogP) is -4.68. The Hall–Kier alpha value is -9.39. The SMILES string of the molecule is C#CCOCCOCCOCCOCCC(=O)N(CC1=CN(CCNC(=O)CO[C@@H]([C@@H]2OC(C(=O)OC)=C[C@H](N=C(N)N)[C@H]2CC(C)=O)[C@H]2COC(=O)O2)NN1)Cc1cn(CCNC(=O)CO[C@@H]([C@@H]2OC(C(=O)OC)=C[C@H](N=C(N)N)[C@H]2CC(C)=O)[C@H]2COC(=O)O2)nn1. The molecule has 2 fully saturated rings. The molecule has 0 saturated carbocycles. The number of esters is 2. The van der Waals surface area contributed by atoms with Crippen LogP contribution in [0.15, 0.2) is 51.7 Å². The summed E-state index contributed by atoms with van der Waals surface area (Å²) in [6, 6.07) is -2.00. The lowest BCUT2D eigenvalue weighted by Gasteiger charge is -2.39. The number of methoxy groups -OCH3 is 2. The molecule has 6 heterocycles. The highest BCUT2D eigenvalue weighted by molar-refractivity contribution is 5.88. The Morgan fingerprint density at radius 2 is 1.20 bits per heavy atom. The van der Waals surface area contributed by atoms with E-state index < -0.39 is 110 Å². The van der Waals surface area contributed by atoms with Crippen LogP contribution in [-0.2, 0) is 113 Å². The molecule has 38 heteroatoms. The summed E-state index contributed by atoms with van der Waals surface area (Å²) < 4.78 is 77.9. The molecule has 0 aromatic carbocycles. The number of guanidine groups is 2. The van der Waals surface area contributed by atoms with Crippen LogP contribution < -0.4 is 44.5 Å². The number of nitrogens with one attached hydrogen (secondary N) is 4. The van der Waals surface area contributed by atoms with Gasteiger partial charge >= 0.3 is 24.2 Å². The highest BCUT2D eigenvalue weighted by Crippen LogP contribution is 2.37. The summed E-state index contributed by atoms with van der Waals surface area (Å²) in [5.74, 6) is -4.72. The van der Waals surface area contributed by atoms with Crippen molar-refractivity contribution in [3.63, 3.8) is 0 Å². The molecule has 5 aliphatic rings. The number of aliphatic imine (C=N–C) groups is 2. The van der Waals surface area contributed by atoms with Crippen molar-refractivity contribution in [2.24, 2.45) is 44.8 Å². The fraction of sp³-hybridized carbons (Fsp3) is 0.625. The molecular formula is C56H81N15O23. The van der Waals surface area contributed by atoms with Gasteiger partial charge in [0.2, 0.25) is 29.2 Å². The van der Waals surface area contributed by atoms with Crippen LogP contribution in [-0.4, -0.2) is 259 Å². The molecule has 2 saturated heterocycles. The average Bonchev–Trinajstić information content (AvgIpc) is 1.09. The number of hydrogen-bond donors (Lipinski definition) is 8. The lowest BCUT2D eigenvalue weighted by molar-refractivity contribution is -0.158. The van der Waals surface area contributed by atoms with Crippen molar-refractivity contribution in [1.82, 2.24) is 46.5 Å². The maximum atomic E-state index is 13.9. The summed E-state index contributed by atoms with van der Waals surface area (Å²) >= 11 is 0. The first-order chi connectivity index (χ1) is 45.1. The first kappa shape index (κ1) is 73.7. The molecule has 0 bridgehead atoms. The summed E-state index contributed by atoms with van der Waals surface area (Å²) in [7, 11) is 2.24. The minimum atomic E-state index is -1.31. The maximum absolute atomic E-state index is 13.9. The third-order valence-electron chi connectivity index (χ3n) is 14.2. The quantitative estimate of drug-likeness (QED) is 0.00763. The fourth-order valence-electron chi connectivity index (χ4n) is 10.1. The number of carbonyl (C=O) groups excluding carboxylic acids is 9. The molecule has 94 heavy (non-hydrogen) atoms. The van der Waals surface area contributed by atoms with E-state index in [4.69, 9.17) is 95.7 Å². The number of cyclic esters (lactones) is 4. The van der Waals surface area contributed by atoms with E-state index in [0.717, 1.165) is 14.2 Å². The fourth-order valence-corrected chi connectivity index (χ4v) is 10.1. The van der Waals surface area contributed by atoms with Crippen LogP contribution in [0.25, 0.3) is 0 Å². The van der Waals surface area contributed by atoms with Gasteiger partial charge in [0, 0.05) is 44.0 Å². The zero-order chi connectivity index (χ0) is 68.1. The highest BCUT2D eigenvalue weighted by atomic mass is 16.8. The van der Waals surface area contributed by atoms with Gasteiger partial charge in [0.05, 0.1) is 117 Å². The second-order valence-corrected chi connectivity index (χ2v) is 21.3. The predicted molar refractivity (Wildman–Crippen MR) is 318 cm³/mol. The Morgan fingerprint density at radius 3 is 1.66 bits per heavy atom. The number of carbonyl (C=O) groups is 9. The molecule has 1 aromatic rings. The van der Waals surface area contributed by atoms with E-state index in [1.165, 1.54) is 35.6 Å². The van der Waals surface area contributed by atoms with E-state index >= 15 is 0 Å². The lowest BCUT2D eigenvalue weighted by atomic mass is 9.82. The first-order valence-corrected chi connectivity index (χ1v) is 29.6. The monoisotopic (exact) mass is 1330 g/mol. The van der Waals surface area contributed by atoms with E-state index in [2.05, 4.69) is 47.8 Å². The van der Waals surface area contributed by atoms with Gasteiger partial charge in [-0.2, -0.15) is 0 Å². The number of rotatable bonds is 41. The maximum Gasteiger partial charge on any atom is 0.508 e. The van der Waals surface area contributed by atoms with E-state index in [-0.39, 0.29) is 139 Å². The number of hydrazine groups is 2. The van der Waals surface area contributed by atoms with Crippen molar-refractivity contribution in [2.75, 3.05) is 120 Å². The lowest BCUT2D eigenvalue weighted by Crippen LogP contribution is -2.52. The molecule has 0 spiro atoms. The first-order valence-electron chi connectivity index (χ1n) is 29.6. The second kappa shape index (κ2) is 38.0. The molecule has 518 valence electrons. The molecule has 0 aliphatic carbocycles. The molecule has 3 amide bonds. The van der Waals surface area contributed by atoms with Gasteiger partial charge < -0.3 is 120 Å². The third kappa shape index (κ3) is 23.9. The zero-order valence-corrected chi connectivity index (χ0v) is 52.3. The Bertz CT molecular complexity index is 2980. The Labute approximate surface area is 539 Å². The van der Waals surface area contributed by atoms with Gasteiger partial charge in [-0.15, -0.1) is 17.1 Å². The number of amides is 3. The second-order valence-electron chi connectivity index (χ2n) is 21.3. The van der Waals surface area contributed by atoms with Crippen LogP contribution in [0.1, 0.15) is 38.8 Å². The van der Waals surface area contributed by atoms with Crippen LogP contribution in [0.2, 0.25) is 0 Å². The normalized spacial score (nSPS) is 21.8. The summed E-state index contributed by atoms with van der Waals surface area (Å²) in [6.45, 7) is 3.10. The molecular weight excluding hydrogens is 1250 g/mol. The number of aromatic nitrogens is 3. The molecule has 12 N–H and O–H groups in total. The van der Waals surface area contributed by atoms with Crippen molar-refractivity contribution in [3.05, 3.63) is 47.5 Å². The summed E-state index contributed by atoms with van der Waals surface area (Å²) in [6.07, 6.45) is 1.15. The number of nitrogens with zero attached hydrogens (tertiary/aromatic N) is 7. The molecule has 5 aliphatic heterocycles. The molecule has 6 rings (SSSR count). The van der Waals surface area contributed by atoms with E-state index in [1.807, 2.05) is 0 Å². The third-order valence-corrected chi connectivity index (χ3v) is 14.2. The van der Waals surface area contributed by atoms with Crippen LogP contribution in [0.4, 0.5) is 9.59 Å². The van der Waals surface area contributed by atoms with Gasteiger partial charge in [0.1, 0.15) is 74.7 Å². The number of hydrogen-bond acceptors (Lipinski definition) is 30. The van der Waals surface area contributed by atoms with Crippen molar-refractivity contribution in [3.8, 4) is 12.3 Å². The summed E-state index contributed by atoms with van der Waals surface area (Å²) in [4.78, 5) is 125. The van der Waals surface area contributed by atoms with E-state index in [0.29, 0.717) is 37.8 Å². The standard InChI is InChI=1S/C56H81N15O23/c1-6-12-83-14-16-85-18-19-86-17-15-84-13-7-46(76)69(24-34-26-70(67-65-34)10-8-61-44(74)30-87-49(42-28-89-55(79)93-42)47-36(20-32(2)72)38(63-53(57)58)22-40(91-47)51(77)81-4)25-35-27-71(68-66-35)11-9-62-45(75)31-88-50(43-29-90-56(80)94-43)48-37(21-33(3)73)39(64-54(59)60)23-41(92-48)52(78)82-5/h1,22-23,26-27,36-39,42-43,47-50,65,67H,7-21,24-25,28-31H2,2-5H3,(H,61,74)(H,62,75)(H4,57,58,63)(H4,59,60,64)/t36-,37-,38+,39+,42-,43-,47-,48-,49-,50-/m1/s1. The Morgan fingerprint density at radius 1 is 0.713 bits per heavy atom. The molecule has 0 unspecified atom stereocenters. The van der Waals surface area contributed by atoms with Crippen LogP contribution >= 0.6 is 0 Å². The zero-order valence-electron chi connectivity index (χ0n) is 52.3. The number of ketones is 2. The number of ether oxygens (including phenoxy) is 14. The van der Waals surface area contributed by atoms with Gasteiger partial charge in [0.15, 0.2) is 24.1 Å². The minimum absolute atomic E-state index is 0.00134. The van der Waals surface area contributed by atoms with Gasteiger partial charge in [-0.05, 0) is 26.0 Å². The molecule has 38 nitrogen and oxygen atoms in total. The van der Waals surface area contributed by atoms with Crippen LogP contribution in [0, 0.1) is 24.2 Å². The topological polar surface area (TPSA) is 497 Å².